The van der Waals surface area contributed by atoms with Crippen molar-refractivity contribution >= 4 is 33.7 Å². The van der Waals surface area contributed by atoms with Crippen molar-refractivity contribution in [2.75, 3.05) is 0 Å². The Morgan fingerprint density at radius 1 is 0.870 bits per heavy atom. The molecule has 4 nitrogen and oxygen atoms in total. The maximum Gasteiger partial charge on any atom is 0.124 e. The van der Waals surface area contributed by atoms with E-state index >= 15 is 0 Å². The fraction of sp³-hybridized carbons (Fsp3) is 0. The van der Waals surface area contributed by atoms with Crippen LogP contribution in [0.4, 0.5) is 5.69 Å². The predicted octanol–water partition coefficient (Wildman–Crippen LogP) is 4.24. The number of fused-ring (bicyclic) bond motifs is 3. The molecule has 1 N–H and O–H groups in total. The molecular formula is C19H13N3O. The van der Waals surface area contributed by atoms with E-state index in [1.54, 1.807) is 30.7 Å². The summed E-state index contributed by atoms with van der Waals surface area (Å²) in [4.78, 5) is 13.4. The van der Waals surface area contributed by atoms with Crippen LogP contribution in [0.25, 0.3) is 21.8 Å². The fourth-order valence-electron chi connectivity index (χ4n) is 2.60. The highest BCUT2D eigenvalue weighted by Crippen LogP contribution is 2.31. The van der Waals surface area contributed by atoms with Crippen LogP contribution in [0.3, 0.4) is 0 Å². The maximum atomic E-state index is 9.86. The quantitative estimate of drug-likeness (QED) is 0.445. The Kier molecular flexibility index (Phi) is 3.20. The van der Waals surface area contributed by atoms with Crippen molar-refractivity contribution in [2.45, 2.75) is 0 Å². The van der Waals surface area contributed by atoms with Gasteiger partial charge in [-0.05, 0) is 36.4 Å². The van der Waals surface area contributed by atoms with Gasteiger partial charge < -0.3 is 5.11 Å². The van der Waals surface area contributed by atoms with Crippen molar-refractivity contribution in [2.24, 2.45) is 4.99 Å². The van der Waals surface area contributed by atoms with Gasteiger partial charge in [0.15, 0.2) is 0 Å². The second kappa shape index (κ2) is 5.50. The van der Waals surface area contributed by atoms with Crippen molar-refractivity contribution in [1.29, 1.82) is 0 Å². The lowest BCUT2D eigenvalue weighted by Gasteiger charge is -2.05. The Labute approximate surface area is 132 Å². The van der Waals surface area contributed by atoms with Crippen molar-refractivity contribution in [1.82, 2.24) is 9.97 Å². The summed E-state index contributed by atoms with van der Waals surface area (Å²) in [5, 5.41) is 11.8. The molecule has 0 fully saturated rings. The number of pyridine rings is 2. The Morgan fingerprint density at radius 3 is 2.52 bits per heavy atom. The molecule has 110 valence electrons. The summed E-state index contributed by atoms with van der Waals surface area (Å²) in [6.45, 7) is 0. The van der Waals surface area contributed by atoms with Gasteiger partial charge in [0.25, 0.3) is 0 Å². The van der Waals surface area contributed by atoms with E-state index in [9.17, 15) is 5.11 Å². The minimum atomic E-state index is 0.209. The number of hydrogen-bond acceptors (Lipinski definition) is 4. The molecule has 23 heavy (non-hydrogen) atoms. The van der Waals surface area contributed by atoms with E-state index in [1.807, 2.05) is 42.5 Å². The average molecular weight is 299 g/mol. The van der Waals surface area contributed by atoms with Gasteiger partial charge in [-0.2, -0.15) is 0 Å². The number of phenolic OH excluding ortho intramolecular Hbond substituents is 1. The first-order valence-electron chi connectivity index (χ1n) is 7.27. The van der Waals surface area contributed by atoms with Gasteiger partial charge in [0.05, 0.1) is 16.7 Å². The molecule has 2 aromatic heterocycles. The monoisotopic (exact) mass is 299 g/mol. The van der Waals surface area contributed by atoms with Gasteiger partial charge in [0, 0.05) is 34.9 Å². The molecule has 4 aromatic rings. The Balaban J connectivity index is 1.93. The van der Waals surface area contributed by atoms with Crippen LogP contribution in [0.2, 0.25) is 0 Å². The first-order valence-corrected chi connectivity index (χ1v) is 7.27. The summed E-state index contributed by atoms with van der Waals surface area (Å²) < 4.78 is 0. The van der Waals surface area contributed by atoms with Crippen molar-refractivity contribution in [3.63, 3.8) is 0 Å². The van der Waals surface area contributed by atoms with Crippen LogP contribution >= 0.6 is 0 Å². The molecule has 0 unspecified atom stereocenters. The Bertz CT molecular complexity index is 1040. The lowest BCUT2D eigenvalue weighted by molar-refractivity contribution is 0.474. The summed E-state index contributed by atoms with van der Waals surface area (Å²) in [7, 11) is 0. The normalized spacial score (nSPS) is 11.5. The highest BCUT2D eigenvalue weighted by atomic mass is 16.3. The number of aromatic nitrogens is 2. The standard InChI is InChI=1S/C19H13N3O/c23-17-8-2-1-5-14(17)12-22-16-11-13-6-3-9-20-18(13)19-15(16)7-4-10-21-19/h1-12,23H. The molecule has 0 saturated heterocycles. The molecule has 0 aliphatic rings. The lowest BCUT2D eigenvalue weighted by Crippen LogP contribution is -1.86. The number of benzene rings is 2. The molecule has 4 heteroatoms. The van der Waals surface area contributed by atoms with Gasteiger partial charge in [-0.15, -0.1) is 0 Å². The molecule has 0 atom stereocenters. The summed E-state index contributed by atoms with van der Waals surface area (Å²) in [6.07, 6.45) is 5.19. The molecule has 2 heterocycles. The van der Waals surface area contributed by atoms with Crippen molar-refractivity contribution in [3.8, 4) is 5.75 Å². The summed E-state index contributed by atoms with van der Waals surface area (Å²) in [6, 6.07) is 16.9. The second-order valence-electron chi connectivity index (χ2n) is 5.19. The van der Waals surface area contributed by atoms with Crippen LogP contribution in [-0.4, -0.2) is 21.3 Å². The highest BCUT2D eigenvalue weighted by molar-refractivity contribution is 6.09. The number of aliphatic imine (C=N–C) groups is 1. The molecule has 0 saturated carbocycles. The van der Waals surface area contributed by atoms with Gasteiger partial charge in [-0.25, -0.2) is 0 Å². The van der Waals surface area contributed by atoms with Crippen molar-refractivity contribution in [3.05, 3.63) is 72.6 Å². The second-order valence-corrected chi connectivity index (χ2v) is 5.19. The van der Waals surface area contributed by atoms with E-state index < -0.39 is 0 Å². The first kappa shape index (κ1) is 13.4. The number of hydrogen-bond donors (Lipinski definition) is 1. The van der Waals surface area contributed by atoms with Crippen LogP contribution < -0.4 is 0 Å². The van der Waals surface area contributed by atoms with E-state index in [2.05, 4.69) is 15.0 Å². The third-order valence-electron chi connectivity index (χ3n) is 3.72. The summed E-state index contributed by atoms with van der Waals surface area (Å²) >= 11 is 0. The van der Waals surface area contributed by atoms with Crippen LogP contribution in [0.5, 0.6) is 5.75 Å². The Hall–Kier alpha value is -3.27. The van der Waals surface area contributed by atoms with Crippen LogP contribution in [0.1, 0.15) is 5.56 Å². The van der Waals surface area contributed by atoms with Crippen LogP contribution in [-0.2, 0) is 0 Å². The van der Waals surface area contributed by atoms with E-state index in [0.717, 1.165) is 27.5 Å². The van der Waals surface area contributed by atoms with E-state index in [1.165, 1.54) is 0 Å². The molecule has 2 aromatic carbocycles. The minimum absolute atomic E-state index is 0.209. The molecule has 0 radical (unpaired) electrons. The predicted molar refractivity (Wildman–Crippen MR) is 92.4 cm³/mol. The van der Waals surface area contributed by atoms with E-state index in [4.69, 9.17) is 0 Å². The van der Waals surface area contributed by atoms with Gasteiger partial charge in [-0.1, -0.05) is 18.2 Å². The molecule has 0 amide bonds. The zero-order valence-corrected chi connectivity index (χ0v) is 12.2. The van der Waals surface area contributed by atoms with Gasteiger partial charge in [0.1, 0.15) is 5.75 Å². The Morgan fingerprint density at radius 2 is 1.65 bits per heavy atom. The van der Waals surface area contributed by atoms with Gasteiger partial charge in [-0.3, -0.25) is 15.0 Å². The lowest BCUT2D eigenvalue weighted by atomic mass is 10.1. The molecule has 0 aliphatic heterocycles. The SMILES string of the molecule is Oc1ccccc1C=Nc1cc2cccnc2c2ncccc12. The third kappa shape index (κ3) is 2.40. The molecular weight excluding hydrogens is 286 g/mol. The first-order chi connectivity index (χ1) is 11.3. The number of aromatic hydroxyl groups is 1. The number of phenols is 1. The number of nitrogens with zero attached hydrogens (tertiary/aromatic N) is 3. The zero-order valence-electron chi connectivity index (χ0n) is 12.2. The van der Waals surface area contributed by atoms with E-state index in [-0.39, 0.29) is 5.75 Å². The third-order valence-corrected chi connectivity index (χ3v) is 3.72. The molecule has 0 bridgehead atoms. The van der Waals surface area contributed by atoms with E-state index in [0.29, 0.717) is 5.56 Å². The van der Waals surface area contributed by atoms with Gasteiger partial charge >= 0.3 is 0 Å². The topological polar surface area (TPSA) is 58.4 Å². The maximum absolute atomic E-state index is 9.86. The van der Waals surface area contributed by atoms with Crippen molar-refractivity contribution < 1.29 is 5.11 Å². The smallest absolute Gasteiger partial charge is 0.124 e. The molecule has 4 rings (SSSR count). The van der Waals surface area contributed by atoms with Crippen LogP contribution in [0.15, 0.2) is 72.0 Å². The fourth-order valence-corrected chi connectivity index (χ4v) is 2.60. The number of para-hydroxylation sites is 1. The number of rotatable bonds is 2. The molecule has 0 aliphatic carbocycles. The minimum Gasteiger partial charge on any atom is -0.507 e. The zero-order chi connectivity index (χ0) is 15.6. The largest absolute Gasteiger partial charge is 0.507 e. The summed E-state index contributed by atoms with van der Waals surface area (Å²) in [5.74, 6) is 0.209. The highest BCUT2D eigenvalue weighted by Gasteiger charge is 2.07. The van der Waals surface area contributed by atoms with Gasteiger partial charge in [0.2, 0.25) is 0 Å². The average Bonchev–Trinajstić information content (AvgIpc) is 2.61. The van der Waals surface area contributed by atoms with Crippen LogP contribution in [0, 0.1) is 0 Å². The summed E-state index contributed by atoms with van der Waals surface area (Å²) in [5.41, 5.74) is 3.17. The molecule has 0 spiro atoms.